The highest BCUT2D eigenvalue weighted by atomic mass is 32.1. The van der Waals surface area contributed by atoms with Crippen molar-refractivity contribution in [3.8, 4) is 0 Å². The number of amides is 1. The largest absolute Gasteiger partial charge is 0.392 e. The van der Waals surface area contributed by atoms with Crippen molar-refractivity contribution in [1.82, 2.24) is 10.3 Å². The van der Waals surface area contributed by atoms with Crippen molar-refractivity contribution in [2.24, 2.45) is 11.7 Å². The summed E-state index contributed by atoms with van der Waals surface area (Å²) in [6, 6.07) is -0.0794. The first-order chi connectivity index (χ1) is 8.40. The Morgan fingerprint density at radius 2 is 2.22 bits per heavy atom. The number of nitrogens with one attached hydrogen (secondary N) is 1. The van der Waals surface area contributed by atoms with Gasteiger partial charge in [0.25, 0.3) is 0 Å². The van der Waals surface area contributed by atoms with E-state index in [4.69, 9.17) is 10.8 Å². The lowest BCUT2D eigenvalue weighted by molar-refractivity contribution is -0.120. The molecule has 1 aromatic rings. The summed E-state index contributed by atoms with van der Waals surface area (Å²) in [5.74, 6) is 0.193. The molecule has 2 atom stereocenters. The average molecular weight is 271 g/mol. The number of carbonyl (C=O) groups excluding carboxylic acids is 1. The molecule has 0 aromatic carbocycles. The highest BCUT2D eigenvalue weighted by Crippen LogP contribution is 2.22. The molecule has 0 radical (unpaired) electrons. The number of aromatic nitrogens is 1. The third-order valence-corrected chi connectivity index (χ3v) is 3.50. The van der Waals surface area contributed by atoms with Crippen LogP contribution in [0, 0.1) is 5.92 Å². The number of carbonyl (C=O) groups is 1. The fourth-order valence-electron chi connectivity index (χ4n) is 1.33. The predicted molar refractivity (Wildman–Crippen MR) is 72.3 cm³/mol. The molecule has 1 aromatic heterocycles. The van der Waals surface area contributed by atoms with Crippen molar-refractivity contribution in [3.63, 3.8) is 0 Å². The number of aliphatic hydroxyl groups excluding tert-OH is 1. The van der Waals surface area contributed by atoms with Gasteiger partial charge in [0.05, 0.1) is 24.3 Å². The number of hydrogen-bond acceptors (Lipinski definition) is 5. The Morgan fingerprint density at radius 1 is 1.56 bits per heavy atom. The lowest BCUT2D eigenvalue weighted by Crippen LogP contribution is -2.31. The molecule has 1 rings (SSSR count). The van der Waals surface area contributed by atoms with E-state index in [1.807, 2.05) is 19.2 Å². The highest BCUT2D eigenvalue weighted by molar-refractivity contribution is 7.09. The van der Waals surface area contributed by atoms with E-state index in [-0.39, 0.29) is 24.9 Å². The van der Waals surface area contributed by atoms with Gasteiger partial charge in [-0.2, -0.15) is 0 Å². The molecule has 6 heteroatoms. The van der Waals surface area contributed by atoms with E-state index in [9.17, 15) is 4.79 Å². The van der Waals surface area contributed by atoms with Crippen LogP contribution in [0.5, 0.6) is 0 Å². The van der Waals surface area contributed by atoms with E-state index in [1.165, 1.54) is 11.3 Å². The van der Waals surface area contributed by atoms with Crippen LogP contribution in [0.4, 0.5) is 0 Å². The van der Waals surface area contributed by atoms with E-state index in [2.05, 4.69) is 10.3 Å². The zero-order valence-corrected chi connectivity index (χ0v) is 11.8. The molecular formula is C12H21N3O2S. The van der Waals surface area contributed by atoms with E-state index >= 15 is 0 Å². The summed E-state index contributed by atoms with van der Waals surface area (Å²) in [7, 11) is 0. The van der Waals surface area contributed by atoms with E-state index < -0.39 is 6.10 Å². The Morgan fingerprint density at radius 3 is 2.78 bits per heavy atom. The Bertz CT molecular complexity index is 390. The van der Waals surface area contributed by atoms with Crippen molar-refractivity contribution in [2.75, 3.05) is 6.54 Å². The summed E-state index contributed by atoms with van der Waals surface area (Å²) < 4.78 is 0. The van der Waals surface area contributed by atoms with Crippen molar-refractivity contribution in [2.45, 2.75) is 39.3 Å². The fourth-order valence-corrected chi connectivity index (χ4v) is 2.32. The van der Waals surface area contributed by atoms with Gasteiger partial charge in [0.1, 0.15) is 5.01 Å². The molecule has 0 bridgehead atoms. The van der Waals surface area contributed by atoms with E-state index in [0.29, 0.717) is 5.92 Å². The third kappa shape index (κ3) is 4.72. The lowest BCUT2D eigenvalue weighted by Gasteiger charge is -2.11. The van der Waals surface area contributed by atoms with Crippen LogP contribution in [0.25, 0.3) is 0 Å². The fraction of sp³-hybridized carbons (Fsp3) is 0.667. The Kier molecular flexibility index (Phi) is 5.71. The van der Waals surface area contributed by atoms with Gasteiger partial charge in [-0.25, -0.2) is 4.98 Å². The van der Waals surface area contributed by atoms with Crippen LogP contribution in [0.1, 0.15) is 37.5 Å². The molecule has 1 heterocycles. The monoisotopic (exact) mass is 271 g/mol. The number of hydrogen-bond donors (Lipinski definition) is 3. The van der Waals surface area contributed by atoms with Gasteiger partial charge in [0, 0.05) is 11.9 Å². The molecule has 0 saturated heterocycles. The quantitative estimate of drug-likeness (QED) is 0.715. The second kappa shape index (κ2) is 6.82. The first-order valence-corrected chi connectivity index (χ1v) is 6.92. The third-order valence-electron chi connectivity index (χ3n) is 2.51. The van der Waals surface area contributed by atoms with E-state index in [1.54, 1.807) is 6.92 Å². The van der Waals surface area contributed by atoms with Crippen LogP contribution >= 0.6 is 11.3 Å². The molecule has 0 saturated carbocycles. The first-order valence-electron chi connectivity index (χ1n) is 6.04. The summed E-state index contributed by atoms with van der Waals surface area (Å²) in [6.07, 6.45) is -0.303. The Balaban J connectivity index is 2.51. The highest BCUT2D eigenvalue weighted by Gasteiger charge is 2.15. The molecule has 0 aliphatic carbocycles. The molecule has 5 nitrogen and oxygen atoms in total. The van der Waals surface area contributed by atoms with E-state index in [0.717, 1.165) is 10.7 Å². The van der Waals surface area contributed by atoms with Gasteiger partial charge >= 0.3 is 0 Å². The number of nitrogens with zero attached hydrogens (tertiary/aromatic N) is 1. The smallest absolute Gasteiger partial charge is 0.226 e. The molecular weight excluding hydrogens is 250 g/mol. The van der Waals surface area contributed by atoms with Gasteiger partial charge in [0.15, 0.2) is 0 Å². The van der Waals surface area contributed by atoms with Crippen LogP contribution in [0.3, 0.4) is 0 Å². The van der Waals surface area contributed by atoms with Crippen LogP contribution in [0.2, 0.25) is 0 Å². The van der Waals surface area contributed by atoms with Gasteiger partial charge in [-0.15, -0.1) is 11.3 Å². The summed E-state index contributed by atoms with van der Waals surface area (Å²) in [4.78, 5) is 15.9. The molecule has 18 heavy (non-hydrogen) atoms. The van der Waals surface area contributed by atoms with Crippen molar-refractivity contribution < 1.29 is 9.90 Å². The lowest BCUT2D eigenvalue weighted by atomic mass is 10.1. The maximum Gasteiger partial charge on any atom is 0.226 e. The zero-order chi connectivity index (χ0) is 13.7. The van der Waals surface area contributed by atoms with Crippen LogP contribution in [-0.4, -0.2) is 28.6 Å². The Hall–Kier alpha value is -0.980. The van der Waals surface area contributed by atoms with Crippen LogP contribution in [0.15, 0.2) is 5.38 Å². The molecule has 0 fully saturated rings. The number of aliphatic hydroxyl groups is 1. The van der Waals surface area contributed by atoms with Gasteiger partial charge in [-0.05, 0) is 12.8 Å². The molecule has 4 N–H and O–H groups in total. The van der Waals surface area contributed by atoms with Crippen LogP contribution in [-0.2, 0) is 11.2 Å². The molecule has 0 aliphatic rings. The first kappa shape index (κ1) is 15.1. The predicted octanol–water partition coefficient (Wildman–Crippen LogP) is 0.838. The van der Waals surface area contributed by atoms with Gasteiger partial charge in [-0.1, -0.05) is 13.8 Å². The second-order valence-electron chi connectivity index (χ2n) is 4.78. The molecule has 0 spiro atoms. The number of nitrogens with two attached hydrogens (primary N) is 1. The summed E-state index contributed by atoms with van der Waals surface area (Å²) in [5.41, 5.74) is 6.73. The minimum atomic E-state index is -0.533. The van der Waals surface area contributed by atoms with Gasteiger partial charge in [-0.3, -0.25) is 4.79 Å². The molecule has 0 aliphatic heterocycles. The maximum absolute atomic E-state index is 11.5. The normalized spacial score (nSPS) is 14.6. The molecule has 1 amide bonds. The average Bonchev–Trinajstić information content (AvgIpc) is 2.73. The summed E-state index contributed by atoms with van der Waals surface area (Å²) in [6.45, 7) is 5.98. The topological polar surface area (TPSA) is 88.2 Å². The maximum atomic E-state index is 11.5. The number of rotatable bonds is 6. The van der Waals surface area contributed by atoms with Crippen molar-refractivity contribution in [3.05, 3.63) is 16.1 Å². The Labute approximate surface area is 111 Å². The zero-order valence-electron chi connectivity index (χ0n) is 11.0. The standard InChI is InChI=1S/C12H21N3O2S/c1-7(2)11(13)12-15-9(6-18-12)4-10(17)14-5-8(3)16/h6-8,11,16H,4-5,13H2,1-3H3,(H,14,17). The van der Waals surface area contributed by atoms with Gasteiger partial charge < -0.3 is 16.2 Å². The van der Waals surface area contributed by atoms with Gasteiger partial charge in [0.2, 0.25) is 5.91 Å². The minimum absolute atomic E-state index is 0.0794. The SMILES string of the molecule is CC(O)CNC(=O)Cc1csc(C(N)C(C)C)n1. The summed E-state index contributed by atoms with van der Waals surface area (Å²) >= 11 is 1.49. The second-order valence-corrected chi connectivity index (χ2v) is 5.67. The molecule has 2 unspecified atom stereocenters. The number of thiazole rings is 1. The minimum Gasteiger partial charge on any atom is -0.392 e. The van der Waals surface area contributed by atoms with Crippen LogP contribution < -0.4 is 11.1 Å². The van der Waals surface area contributed by atoms with Crippen molar-refractivity contribution in [1.29, 1.82) is 0 Å². The van der Waals surface area contributed by atoms with Crippen molar-refractivity contribution >= 4 is 17.2 Å². The molecule has 102 valence electrons. The summed E-state index contributed by atoms with van der Waals surface area (Å²) in [5, 5.41) is 14.4.